The molecule has 0 radical (unpaired) electrons. The summed E-state index contributed by atoms with van der Waals surface area (Å²) < 4.78 is 4.83. The number of furan rings is 1. The second kappa shape index (κ2) is 6.18. The van der Waals surface area contributed by atoms with Gasteiger partial charge in [0.15, 0.2) is 0 Å². The summed E-state index contributed by atoms with van der Waals surface area (Å²) in [5, 5.41) is 2.92. The van der Waals surface area contributed by atoms with E-state index in [4.69, 9.17) is 16.0 Å². The molecule has 5 heteroatoms. The van der Waals surface area contributed by atoms with Gasteiger partial charge in [0.2, 0.25) is 5.22 Å². The highest BCUT2D eigenvalue weighted by atomic mass is 79.9. The van der Waals surface area contributed by atoms with Crippen LogP contribution in [0.4, 0.5) is 0 Å². The molecular formula is C10H13BrClNO2. The Bertz CT molecular complexity index is 327. The Labute approximate surface area is 102 Å². The molecule has 1 heterocycles. The minimum atomic E-state index is -0.190. The zero-order valence-electron chi connectivity index (χ0n) is 8.43. The van der Waals surface area contributed by atoms with Gasteiger partial charge in [0.25, 0.3) is 5.91 Å². The maximum atomic E-state index is 11.5. The van der Waals surface area contributed by atoms with E-state index in [9.17, 15) is 4.79 Å². The zero-order chi connectivity index (χ0) is 11.3. The predicted molar refractivity (Wildman–Crippen MR) is 63.7 cm³/mol. The van der Waals surface area contributed by atoms with E-state index in [-0.39, 0.29) is 11.1 Å². The fraction of sp³-hybridized carbons (Fsp3) is 0.500. The molecule has 1 aromatic rings. The summed E-state index contributed by atoms with van der Waals surface area (Å²) in [4.78, 5) is 12.0. The van der Waals surface area contributed by atoms with E-state index in [1.807, 2.05) is 0 Å². The summed E-state index contributed by atoms with van der Waals surface area (Å²) in [6.07, 6.45) is 3.34. The number of alkyl halides is 1. The fourth-order valence-electron chi connectivity index (χ4n) is 1.10. The average Bonchev–Trinajstić information content (AvgIpc) is 2.64. The summed E-state index contributed by atoms with van der Waals surface area (Å²) in [6.45, 7) is 2.72. The predicted octanol–water partition coefficient (Wildman–Crippen LogP) is 3.23. The van der Waals surface area contributed by atoms with Gasteiger partial charge in [-0.3, -0.25) is 4.79 Å². The van der Waals surface area contributed by atoms with Gasteiger partial charge >= 0.3 is 0 Å². The first-order valence-electron chi connectivity index (χ1n) is 4.80. The lowest BCUT2D eigenvalue weighted by molar-refractivity contribution is 0.0953. The van der Waals surface area contributed by atoms with E-state index in [2.05, 4.69) is 28.2 Å². The number of hydrogen-bond acceptors (Lipinski definition) is 2. The number of rotatable bonds is 5. The summed E-state index contributed by atoms with van der Waals surface area (Å²) >= 11 is 9.16. The van der Waals surface area contributed by atoms with Crippen LogP contribution in [0.3, 0.4) is 0 Å². The molecular weight excluding hydrogens is 281 g/mol. The molecule has 0 saturated carbocycles. The smallest absolute Gasteiger partial charge is 0.256 e. The van der Waals surface area contributed by atoms with Crippen molar-refractivity contribution in [2.24, 2.45) is 0 Å². The van der Waals surface area contributed by atoms with Gasteiger partial charge in [0, 0.05) is 11.4 Å². The third-order valence-corrected chi connectivity index (χ3v) is 3.45. The van der Waals surface area contributed by atoms with Gasteiger partial charge in [-0.15, -0.1) is 0 Å². The first kappa shape index (κ1) is 12.6. The topological polar surface area (TPSA) is 42.2 Å². The Morgan fingerprint density at radius 3 is 3.00 bits per heavy atom. The van der Waals surface area contributed by atoms with E-state index < -0.39 is 0 Å². The quantitative estimate of drug-likeness (QED) is 0.847. The van der Waals surface area contributed by atoms with Crippen LogP contribution in [-0.4, -0.2) is 17.3 Å². The molecule has 3 nitrogen and oxygen atoms in total. The highest BCUT2D eigenvalue weighted by Gasteiger charge is 2.12. The summed E-state index contributed by atoms with van der Waals surface area (Å²) in [5.74, 6) is -0.190. The Hall–Kier alpha value is -0.480. The highest BCUT2D eigenvalue weighted by molar-refractivity contribution is 9.09. The maximum Gasteiger partial charge on any atom is 0.256 e. The van der Waals surface area contributed by atoms with E-state index in [1.54, 1.807) is 6.07 Å². The molecule has 1 aromatic heterocycles. The number of amides is 1. The Balaban J connectivity index is 2.34. The molecule has 0 saturated heterocycles. The van der Waals surface area contributed by atoms with Gasteiger partial charge in [-0.25, -0.2) is 0 Å². The van der Waals surface area contributed by atoms with Crippen LogP contribution >= 0.6 is 27.5 Å². The zero-order valence-corrected chi connectivity index (χ0v) is 10.8. The summed E-state index contributed by atoms with van der Waals surface area (Å²) in [6, 6.07) is 1.56. The second-order valence-corrected chi connectivity index (χ2v) is 4.80. The Kier molecular flexibility index (Phi) is 5.19. The lowest BCUT2D eigenvalue weighted by Crippen LogP contribution is -2.25. The molecule has 84 valence electrons. The molecule has 1 rings (SSSR count). The second-order valence-electron chi connectivity index (χ2n) is 3.16. The number of nitrogens with one attached hydrogen (secondary N) is 1. The van der Waals surface area contributed by atoms with Crippen LogP contribution in [0.15, 0.2) is 16.7 Å². The van der Waals surface area contributed by atoms with E-state index in [0.29, 0.717) is 16.9 Å². The third-order valence-electron chi connectivity index (χ3n) is 2.05. The minimum absolute atomic E-state index is 0.137. The van der Waals surface area contributed by atoms with Crippen molar-refractivity contribution < 1.29 is 9.21 Å². The fourth-order valence-corrected chi connectivity index (χ4v) is 1.53. The van der Waals surface area contributed by atoms with Crippen molar-refractivity contribution in [2.75, 3.05) is 6.54 Å². The van der Waals surface area contributed by atoms with Gasteiger partial charge < -0.3 is 9.73 Å². The number of halogens is 2. The molecule has 0 aliphatic heterocycles. The van der Waals surface area contributed by atoms with Crippen LogP contribution in [-0.2, 0) is 0 Å². The minimum Gasteiger partial charge on any atom is -0.452 e. The van der Waals surface area contributed by atoms with Crippen LogP contribution in [0.2, 0.25) is 5.22 Å². The lowest BCUT2D eigenvalue weighted by Gasteiger charge is -2.07. The first-order valence-corrected chi connectivity index (χ1v) is 6.09. The SMILES string of the molecule is CCC(Br)CCNC(=O)c1ccoc1Cl. The summed E-state index contributed by atoms with van der Waals surface area (Å²) in [7, 11) is 0. The molecule has 0 aliphatic carbocycles. The number of hydrogen-bond donors (Lipinski definition) is 1. The van der Waals surface area contributed by atoms with E-state index >= 15 is 0 Å². The molecule has 0 aromatic carbocycles. The van der Waals surface area contributed by atoms with Crippen molar-refractivity contribution in [3.05, 3.63) is 23.1 Å². The number of carbonyl (C=O) groups excluding carboxylic acids is 1. The standard InChI is InChI=1S/C10H13BrClNO2/c1-2-7(11)3-5-13-10(14)8-4-6-15-9(8)12/h4,6-7H,2-3,5H2,1H3,(H,13,14). The van der Waals surface area contributed by atoms with Crippen molar-refractivity contribution in [1.82, 2.24) is 5.32 Å². The van der Waals surface area contributed by atoms with E-state index in [1.165, 1.54) is 6.26 Å². The van der Waals surface area contributed by atoms with Crippen molar-refractivity contribution in [3.63, 3.8) is 0 Å². The Morgan fingerprint density at radius 1 is 1.73 bits per heavy atom. The molecule has 1 N–H and O–H groups in total. The van der Waals surface area contributed by atoms with Gasteiger partial charge in [0.1, 0.15) is 0 Å². The maximum absolute atomic E-state index is 11.5. The van der Waals surface area contributed by atoms with Gasteiger partial charge in [-0.2, -0.15) is 0 Å². The molecule has 1 amide bonds. The van der Waals surface area contributed by atoms with E-state index in [0.717, 1.165) is 12.8 Å². The lowest BCUT2D eigenvalue weighted by atomic mass is 10.2. The average molecular weight is 295 g/mol. The molecule has 1 unspecified atom stereocenters. The van der Waals surface area contributed by atoms with Crippen LogP contribution < -0.4 is 5.32 Å². The molecule has 0 aliphatic rings. The van der Waals surface area contributed by atoms with Crippen LogP contribution in [0.25, 0.3) is 0 Å². The van der Waals surface area contributed by atoms with Crippen molar-refractivity contribution in [2.45, 2.75) is 24.6 Å². The van der Waals surface area contributed by atoms with Crippen molar-refractivity contribution in [1.29, 1.82) is 0 Å². The largest absolute Gasteiger partial charge is 0.452 e. The molecule has 0 fully saturated rings. The van der Waals surface area contributed by atoms with Crippen LogP contribution in [0.5, 0.6) is 0 Å². The molecule has 0 spiro atoms. The highest BCUT2D eigenvalue weighted by Crippen LogP contribution is 2.16. The first-order chi connectivity index (χ1) is 7.15. The van der Waals surface area contributed by atoms with Crippen LogP contribution in [0.1, 0.15) is 30.1 Å². The molecule has 1 atom stereocenters. The van der Waals surface area contributed by atoms with Gasteiger partial charge in [-0.1, -0.05) is 22.9 Å². The van der Waals surface area contributed by atoms with Crippen LogP contribution in [0, 0.1) is 0 Å². The van der Waals surface area contributed by atoms with Gasteiger partial charge in [-0.05, 0) is 30.5 Å². The number of carbonyl (C=O) groups is 1. The molecule has 15 heavy (non-hydrogen) atoms. The van der Waals surface area contributed by atoms with Crippen molar-refractivity contribution in [3.8, 4) is 0 Å². The van der Waals surface area contributed by atoms with Gasteiger partial charge in [0.05, 0.1) is 11.8 Å². The monoisotopic (exact) mass is 293 g/mol. The third kappa shape index (κ3) is 3.87. The molecule has 0 bridgehead atoms. The van der Waals surface area contributed by atoms with Crippen molar-refractivity contribution >= 4 is 33.4 Å². The summed E-state index contributed by atoms with van der Waals surface area (Å²) in [5.41, 5.74) is 0.388. The Morgan fingerprint density at radius 2 is 2.47 bits per heavy atom. The normalized spacial score (nSPS) is 12.5.